The van der Waals surface area contributed by atoms with Crippen LogP contribution in [-0.2, 0) is 20.8 Å². The molecule has 140 valence electrons. The normalized spacial score (nSPS) is 12.1. The van der Waals surface area contributed by atoms with Crippen LogP contribution in [0.15, 0.2) is 47.2 Å². The molecular weight excluding hydrogens is 356 g/mol. The molecule has 4 N–H and O–H groups in total. The number of aliphatic carboxylic acids is 2. The number of hydrogen-bond donors (Lipinski definition) is 4. The van der Waals surface area contributed by atoms with Crippen molar-refractivity contribution in [2.24, 2.45) is 0 Å². The van der Waals surface area contributed by atoms with Gasteiger partial charge < -0.3 is 20.8 Å². The number of carbonyl (C=O) groups excluding carboxylic acids is 1. The van der Waals surface area contributed by atoms with Crippen LogP contribution in [0.2, 0.25) is 0 Å². The molecule has 0 aliphatic heterocycles. The molecule has 0 fully saturated rings. The van der Waals surface area contributed by atoms with Crippen LogP contribution in [0.3, 0.4) is 0 Å². The predicted molar refractivity (Wildman–Crippen MR) is 100 cm³/mol. The van der Waals surface area contributed by atoms with E-state index in [-0.39, 0.29) is 5.91 Å². The van der Waals surface area contributed by atoms with E-state index in [9.17, 15) is 14.4 Å². The van der Waals surface area contributed by atoms with Crippen molar-refractivity contribution in [1.29, 1.82) is 0 Å². The topological polar surface area (TPSA) is 116 Å². The average Bonchev–Trinajstić information content (AvgIpc) is 3.08. The number of carboxylic acids is 2. The number of nitrogens with one attached hydrogen (secondary N) is 2. The monoisotopic (exact) mass is 378 g/mol. The number of benzene rings is 1. The SMILES string of the molecule is CC(=O)N[C@@H](Cc1ccccc1)C(=O)O.C[C@H](Nc1ccsc1)C(=O)O. The van der Waals surface area contributed by atoms with E-state index in [1.807, 2.05) is 47.2 Å². The number of carbonyl (C=O) groups is 3. The van der Waals surface area contributed by atoms with Crippen molar-refractivity contribution in [2.75, 3.05) is 5.32 Å². The van der Waals surface area contributed by atoms with Crippen molar-refractivity contribution < 1.29 is 24.6 Å². The average molecular weight is 378 g/mol. The van der Waals surface area contributed by atoms with Gasteiger partial charge in [-0.3, -0.25) is 9.59 Å². The van der Waals surface area contributed by atoms with Gasteiger partial charge in [0, 0.05) is 24.4 Å². The zero-order valence-electron chi connectivity index (χ0n) is 14.5. The summed E-state index contributed by atoms with van der Waals surface area (Å²) < 4.78 is 0. The highest BCUT2D eigenvalue weighted by atomic mass is 32.1. The third-order valence-electron chi connectivity index (χ3n) is 3.23. The van der Waals surface area contributed by atoms with Crippen LogP contribution in [0.4, 0.5) is 5.69 Å². The van der Waals surface area contributed by atoms with Gasteiger partial charge >= 0.3 is 11.9 Å². The van der Waals surface area contributed by atoms with Crippen LogP contribution in [0.25, 0.3) is 0 Å². The summed E-state index contributed by atoms with van der Waals surface area (Å²) in [6.45, 7) is 2.92. The molecule has 0 unspecified atom stereocenters. The van der Waals surface area contributed by atoms with Crippen molar-refractivity contribution in [3.63, 3.8) is 0 Å². The van der Waals surface area contributed by atoms with Crippen LogP contribution < -0.4 is 10.6 Å². The molecule has 1 amide bonds. The van der Waals surface area contributed by atoms with Crippen LogP contribution >= 0.6 is 11.3 Å². The lowest BCUT2D eigenvalue weighted by Gasteiger charge is -2.12. The van der Waals surface area contributed by atoms with E-state index in [1.165, 1.54) is 18.3 Å². The van der Waals surface area contributed by atoms with E-state index in [0.29, 0.717) is 6.42 Å². The molecule has 0 aliphatic carbocycles. The van der Waals surface area contributed by atoms with Crippen molar-refractivity contribution in [3.8, 4) is 0 Å². The number of hydrogen-bond acceptors (Lipinski definition) is 5. The number of thiophene rings is 1. The van der Waals surface area contributed by atoms with Crippen molar-refractivity contribution in [3.05, 3.63) is 52.7 Å². The third kappa shape index (κ3) is 8.29. The first kappa shape index (κ1) is 21.2. The Bertz CT molecular complexity index is 704. The second-order valence-electron chi connectivity index (χ2n) is 5.50. The fourth-order valence-corrected chi connectivity index (χ4v) is 2.55. The first-order chi connectivity index (χ1) is 12.3. The van der Waals surface area contributed by atoms with Crippen LogP contribution in [0.1, 0.15) is 19.4 Å². The summed E-state index contributed by atoms with van der Waals surface area (Å²) >= 11 is 1.54. The fraction of sp³-hybridized carbons (Fsp3) is 0.278. The summed E-state index contributed by atoms with van der Waals surface area (Å²) in [5, 5.41) is 26.4. The number of anilines is 1. The van der Waals surface area contributed by atoms with E-state index in [2.05, 4.69) is 10.6 Å². The standard InChI is InChI=1S/C11H13NO3.C7H9NO2S/c1-8(13)12-10(11(14)15)7-9-5-3-2-4-6-9;1-5(7(9)10)8-6-2-3-11-4-6/h2-6,10H,7H2,1H3,(H,12,13)(H,14,15);2-5,8H,1H3,(H,9,10)/t10-;5-/m00/s1. The van der Waals surface area contributed by atoms with E-state index in [0.717, 1.165) is 11.3 Å². The van der Waals surface area contributed by atoms with Gasteiger partial charge in [0.1, 0.15) is 12.1 Å². The second-order valence-corrected chi connectivity index (χ2v) is 6.28. The molecule has 0 saturated carbocycles. The van der Waals surface area contributed by atoms with Gasteiger partial charge in [-0.2, -0.15) is 11.3 Å². The number of rotatable bonds is 7. The lowest BCUT2D eigenvalue weighted by atomic mass is 10.1. The fourth-order valence-electron chi connectivity index (χ4n) is 1.95. The van der Waals surface area contributed by atoms with Crippen LogP contribution in [-0.4, -0.2) is 40.1 Å². The molecule has 2 aromatic rings. The summed E-state index contributed by atoms with van der Waals surface area (Å²) in [5.41, 5.74) is 1.75. The number of carboxylic acid groups (broad SMARTS) is 2. The van der Waals surface area contributed by atoms with E-state index >= 15 is 0 Å². The molecule has 0 aliphatic rings. The van der Waals surface area contributed by atoms with Crippen molar-refractivity contribution >= 4 is 34.9 Å². The Hall–Kier alpha value is -2.87. The Morgan fingerprint density at radius 3 is 2.19 bits per heavy atom. The van der Waals surface area contributed by atoms with Gasteiger partial charge in [0.25, 0.3) is 0 Å². The lowest BCUT2D eigenvalue weighted by molar-refractivity contribution is -0.141. The zero-order valence-corrected chi connectivity index (χ0v) is 15.3. The Morgan fingerprint density at radius 1 is 1.08 bits per heavy atom. The smallest absolute Gasteiger partial charge is 0.326 e. The highest BCUT2D eigenvalue weighted by molar-refractivity contribution is 7.08. The van der Waals surface area contributed by atoms with Crippen LogP contribution in [0, 0.1) is 0 Å². The van der Waals surface area contributed by atoms with Gasteiger partial charge in [-0.15, -0.1) is 0 Å². The molecular formula is C18H22N2O5S. The molecule has 0 saturated heterocycles. The summed E-state index contributed by atoms with van der Waals surface area (Å²) in [6.07, 6.45) is 0.301. The van der Waals surface area contributed by atoms with E-state index < -0.39 is 24.0 Å². The van der Waals surface area contributed by atoms with Gasteiger partial charge in [-0.1, -0.05) is 30.3 Å². The minimum atomic E-state index is -1.02. The van der Waals surface area contributed by atoms with Gasteiger partial charge in [0.15, 0.2) is 0 Å². The summed E-state index contributed by atoms with van der Waals surface area (Å²) in [5.74, 6) is -2.19. The first-order valence-electron chi connectivity index (χ1n) is 7.85. The number of amides is 1. The van der Waals surface area contributed by atoms with Crippen molar-refractivity contribution in [1.82, 2.24) is 5.32 Å². The largest absolute Gasteiger partial charge is 0.480 e. The lowest BCUT2D eigenvalue weighted by Crippen LogP contribution is -2.41. The van der Waals surface area contributed by atoms with Gasteiger partial charge in [0.2, 0.25) is 5.91 Å². The molecule has 8 heteroatoms. The van der Waals surface area contributed by atoms with Crippen LogP contribution in [0.5, 0.6) is 0 Å². The maximum Gasteiger partial charge on any atom is 0.326 e. The zero-order chi connectivity index (χ0) is 19.5. The Labute approximate surface area is 155 Å². The molecule has 1 aromatic carbocycles. The van der Waals surface area contributed by atoms with E-state index in [1.54, 1.807) is 6.92 Å². The molecule has 0 bridgehead atoms. The third-order valence-corrected chi connectivity index (χ3v) is 3.92. The summed E-state index contributed by atoms with van der Waals surface area (Å²) in [4.78, 5) is 32.0. The molecule has 7 nitrogen and oxygen atoms in total. The Balaban J connectivity index is 0.000000273. The molecule has 0 radical (unpaired) electrons. The quantitative estimate of drug-likeness (QED) is 0.588. The first-order valence-corrected chi connectivity index (χ1v) is 8.79. The van der Waals surface area contributed by atoms with Gasteiger partial charge in [-0.25, -0.2) is 4.79 Å². The van der Waals surface area contributed by atoms with Gasteiger partial charge in [0.05, 0.1) is 0 Å². The molecule has 2 atom stereocenters. The Kier molecular flexibility index (Phi) is 8.86. The Morgan fingerprint density at radius 2 is 1.73 bits per heavy atom. The van der Waals surface area contributed by atoms with Crippen molar-refractivity contribution in [2.45, 2.75) is 32.4 Å². The highest BCUT2D eigenvalue weighted by Crippen LogP contribution is 2.12. The second kappa shape index (κ2) is 10.9. The molecule has 1 heterocycles. The van der Waals surface area contributed by atoms with Gasteiger partial charge in [-0.05, 0) is 23.9 Å². The minimum Gasteiger partial charge on any atom is -0.480 e. The maximum absolute atomic E-state index is 10.8. The highest BCUT2D eigenvalue weighted by Gasteiger charge is 2.18. The molecule has 1 aromatic heterocycles. The van der Waals surface area contributed by atoms with E-state index in [4.69, 9.17) is 10.2 Å². The summed E-state index contributed by atoms with van der Waals surface area (Å²) in [7, 11) is 0. The maximum atomic E-state index is 10.8. The molecule has 0 spiro atoms. The minimum absolute atomic E-state index is 0.301. The summed E-state index contributed by atoms with van der Waals surface area (Å²) in [6, 6.07) is 9.66. The molecule has 2 rings (SSSR count). The molecule has 26 heavy (non-hydrogen) atoms. The predicted octanol–water partition coefficient (Wildman–Crippen LogP) is 2.45.